The predicted molar refractivity (Wildman–Crippen MR) is 67.5 cm³/mol. The summed E-state index contributed by atoms with van der Waals surface area (Å²) in [5, 5.41) is 9.91. The summed E-state index contributed by atoms with van der Waals surface area (Å²) in [6.45, 7) is 3.68. The van der Waals surface area contributed by atoms with Crippen molar-refractivity contribution in [3.05, 3.63) is 46.2 Å². The zero-order valence-corrected chi connectivity index (χ0v) is 10.3. The molecule has 2 N–H and O–H groups in total. The molecule has 0 aliphatic heterocycles. The van der Waals surface area contributed by atoms with Crippen LogP contribution in [0.2, 0.25) is 5.02 Å². The molecular formula is C12H12ClN3O. The van der Waals surface area contributed by atoms with Crippen molar-refractivity contribution in [2.24, 2.45) is 0 Å². The summed E-state index contributed by atoms with van der Waals surface area (Å²) in [6, 6.07) is 5.39. The van der Waals surface area contributed by atoms with Crippen molar-refractivity contribution in [2.75, 3.05) is 5.32 Å². The van der Waals surface area contributed by atoms with Crippen molar-refractivity contribution < 1.29 is 4.79 Å². The summed E-state index contributed by atoms with van der Waals surface area (Å²) in [7, 11) is 0. The zero-order chi connectivity index (χ0) is 12.4. The molecule has 17 heavy (non-hydrogen) atoms. The van der Waals surface area contributed by atoms with Crippen LogP contribution in [0.1, 0.15) is 21.6 Å². The second kappa shape index (κ2) is 4.59. The van der Waals surface area contributed by atoms with Crippen LogP contribution < -0.4 is 5.32 Å². The van der Waals surface area contributed by atoms with Gasteiger partial charge in [-0.15, -0.1) is 0 Å². The van der Waals surface area contributed by atoms with Gasteiger partial charge in [-0.05, 0) is 37.1 Å². The maximum Gasteiger partial charge on any atom is 0.273 e. The number of carbonyl (C=O) groups excluding carboxylic acids is 1. The molecule has 1 aromatic carbocycles. The van der Waals surface area contributed by atoms with Crippen molar-refractivity contribution in [2.45, 2.75) is 13.8 Å². The van der Waals surface area contributed by atoms with Crippen molar-refractivity contribution in [1.29, 1.82) is 0 Å². The first-order valence-electron chi connectivity index (χ1n) is 5.16. The number of H-pyrrole nitrogens is 1. The molecule has 2 aromatic rings. The first-order chi connectivity index (χ1) is 8.09. The largest absolute Gasteiger partial charge is 0.320 e. The van der Waals surface area contributed by atoms with Gasteiger partial charge < -0.3 is 5.32 Å². The van der Waals surface area contributed by atoms with E-state index in [0.29, 0.717) is 16.4 Å². The van der Waals surface area contributed by atoms with E-state index in [0.717, 1.165) is 11.1 Å². The number of nitrogens with one attached hydrogen (secondary N) is 2. The Bertz CT molecular complexity index is 563. The van der Waals surface area contributed by atoms with E-state index in [1.165, 1.54) is 0 Å². The van der Waals surface area contributed by atoms with Crippen LogP contribution in [0.3, 0.4) is 0 Å². The molecule has 88 valence electrons. The number of benzene rings is 1. The Morgan fingerprint density at radius 1 is 1.41 bits per heavy atom. The summed E-state index contributed by atoms with van der Waals surface area (Å²) in [5.74, 6) is -0.217. The van der Waals surface area contributed by atoms with Gasteiger partial charge in [-0.1, -0.05) is 17.7 Å². The van der Waals surface area contributed by atoms with Crippen LogP contribution in [-0.2, 0) is 0 Å². The molecule has 0 atom stereocenters. The maximum absolute atomic E-state index is 11.9. The van der Waals surface area contributed by atoms with Crippen LogP contribution in [0.4, 0.5) is 5.69 Å². The number of aromatic nitrogens is 2. The van der Waals surface area contributed by atoms with Crippen LogP contribution >= 0.6 is 11.6 Å². The van der Waals surface area contributed by atoms with E-state index in [4.69, 9.17) is 11.6 Å². The van der Waals surface area contributed by atoms with Crippen LogP contribution in [-0.4, -0.2) is 16.1 Å². The lowest BCUT2D eigenvalue weighted by Crippen LogP contribution is -2.14. The van der Waals surface area contributed by atoms with Gasteiger partial charge in [0.05, 0.1) is 6.20 Å². The first-order valence-corrected chi connectivity index (χ1v) is 5.54. The third-order valence-corrected chi connectivity index (χ3v) is 2.98. The highest BCUT2D eigenvalue weighted by Crippen LogP contribution is 2.23. The molecule has 1 amide bonds. The van der Waals surface area contributed by atoms with Gasteiger partial charge >= 0.3 is 0 Å². The Labute approximate surface area is 104 Å². The quantitative estimate of drug-likeness (QED) is 0.860. The highest BCUT2D eigenvalue weighted by Gasteiger charge is 2.12. The molecule has 1 heterocycles. The number of amides is 1. The molecule has 5 heteroatoms. The van der Waals surface area contributed by atoms with Crippen molar-refractivity contribution in [3.8, 4) is 0 Å². The van der Waals surface area contributed by atoms with Crippen molar-refractivity contribution in [1.82, 2.24) is 10.2 Å². The summed E-state index contributed by atoms with van der Waals surface area (Å²) in [6.07, 6.45) is 1.61. The van der Waals surface area contributed by atoms with E-state index in [-0.39, 0.29) is 5.91 Å². The smallest absolute Gasteiger partial charge is 0.273 e. The topological polar surface area (TPSA) is 57.8 Å². The third kappa shape index (κ3) is 2.31. The summed E-state index contributed by atoms with van der Waals surface area (Å²) < 4.78 is 0. The van der Waals surface area contributed by atoms with E-state index >= 15 is 0 Å². The molecule has 0 saturated heterocycles. The molecule has 0 saturated carbocycles. The SMILES string of the molecule is Cc1cn[nH]c1C(=O)Nc1cccc(Cl)c1C. The number of carbonyl (C=O) groups is 1. The van der Waals surface area contributed by atoms with Crippen LogP contribution in [0.25, 0.3) is 0 Å². The molecule has 0 aliphatic rings. The van der Waals surface area contributed by atoms with E-state index < -0.39 is 0 Å². The summed E-state index contributed by atoms with van der Waals surface area (Å²) in [4.78, 5) is 11.9. The number of halogens is 1. The monoisotopic (exact) mass is 249 g/mol. The fourth-order valence-electron chi connectivity index (χ4n) is 1.50. The van der Waals surface area contributed by atoms with Gasteiger partial charge in [0.2, 0.25) is 0 Å². The minimum Gasteiger partial charge on any atom is -0.320 e. The normalized spacial score (nSPS) is 10.3. The molecule has 2 rings (SSSR count). The van der Waals surface area contributed by atoms with E-state index in [9.17, 15) is 4.79 Å². The van der Waals surface area contributed by atoms with Gasteiger partial charge in [-0.25, -0.2) is 0 Å². The van der Waals surface area contributed by atoms with Crippen molar-refractivity contribution in [3.63, 3.8) is 0 Å². The molecule has 0 spiro atoms. The number of hydrogen-bond acceptors (Lipinski definition) is 2. The molecule has 0 bridgehead atoms. The molecule has 4 nitrogen and oxygen atoms in total. The Kier molecular flexibility index (Phi) is 3.15. The van der Waals surface area contributed by atoms with Crippen LogP contribution in [0.5, 0.6) is 0 Å². The number of aryl methyl sites for hydroxylation is 1. The Hall–Kier alpha value is -1.81. The Balaban J connectivity index is 2.25. The molecule has 1 aromatic heterocycles. The van der Waals surface area contributed by atoms with Gasteiger partial charge in [0.25, 0.3) is 5.91 Å². The number of rotatable bonds is 2. The van der Waals surface area contributed by atoms with Crippen LogP contribution in [0.15, 0.2) is 24.4 Å². The third-order valence-electron chi connectivity index (χ3n) is 2.57. The molecule has 0 aliphatic carbocycles. The average Bonchev–Trinajstić information content (AvgIpc) is 2.71. The average molecular weight is 250 g/mol. The number of aromatic amines is 1. The number of hydrogen-bond donors (Lipinski definition) is 2. The molecule has 0 fully saturated rings. The van der Waals surface area contributed by atoms with Gasteiger partial charge in [0.1, 0.15) is 5.69 Å². The van der Waals surface area contributed by atoms with E-state index in [2.05, 4.69) is 15.5 Å². The standard InChI is InChI=1S/C12H12ClN3O/c1-7-6-14-16-11(7)12(17)15-10-5-3-4-9(13)8(10)2/h3-6H,1-2H3,(H,14,16)(H,15,17). The van der Waals surface area contributed by atoms with Crippen molar-refractivity contribution >= 4 is 23.2 Å². The van der Waals surface area contributed by atoms with Gasteiger partial charge in [-0.2, -0.15) is 5.10 Å². The first kappa shape index (κ1) is 11.7. The Morgan fingerprint density at radius 3 is 2.82 bits per heavy atom. The fraction of sp³-hybridized carbons (Fsp3) is 0.167. The molecule has 0 radical (unpaired) electrons. The van der Waals surface area contributed by atoms with Gasteiger partial charge in [0, 0.05) is 10.7 Å². The predicted octanol–water partition coefficient (Wildman–Crippen LogP) is 2.93. The minimum atomic E-state index is -0.217. The highest BCUT2D eigenvalue weighted by atomic mass is 35.5. The fourth-order valence-corrected chi connectivity index (χ4v) is 1.68. The summed E-state index contributed by atoms with van der Waals surface area (Å²) >= 11 is 5.98. The Morgan fingerprint density at radius 2 is 2.18 bits per heavy atom. The van der Waals surface area contributed by atoms with Crippen LogP contribution in [0, 0.1) is 13.8 Å². The second-order valence-electron chi connectivity index (χ2n) is 3.79. The van der Waals surface area contributed by atoms with Gasteiger partial charge in [0.15, 0.2) is 0 Å². The zero-order valence-electron chi connectivity index (χ0n) is 9.54. The lowest BCUT2D eigenvalue weighted by Gasteiger charge is -2.08. The number of anilines is 1. The maximum atomic E-state index is 11.9. The molecule has 0 unspecified atom stereocenters. The second-order valence-corrected chi connectivity index (χ2v) is 4.20. The lowest BCUT2D eigenvalue weighted by atomic mass is 10.2. The summed E-state index contributed by atoms with van der Waals surface area (Å²) in [5.41, 5.74) is 2.82. The van der Waals surface area contributed by atoms with E-state index in [1.807, 2.05) is 19.9 Å². The van der Waals surface area contributed by atoms with E-state index in [1.54, 1.807) is 18.3 Å². The lowest BCUT2D eigenvalue weighted by molar-refractivity contribution is 0.102. The van der Waals surface area contributed by atoms with Gasteiger partial charge in [-0.3, -0.25) is 9.89 Å². The minimum absolute atomic E-state index is 0.217. The number of nitrogens with zero attached hydrogens (tertiary/aromatic N) is 1. The highest BCUT2D eigenvalue weighted by molar-refractivity contribution is 6.31. The molecular weight excluding hydrogens is 238 g/mol.